The summed E-state index contributed by atoms with van der Waals surface area (Å²) in [6.07, 6.45) is 1.81. The molecule has 72 valence electrons. The normalized spacial score (nSPS) is 10.1. The van der Waals surface area contributed by atoms with Crippen LogP contribution in [0.15, 0.2) is 0 Å². The first kappa shape index (κ1) is 10.1. The van der Waals surface area contributed by atoms with Crippen molar-refractivity contribution in [3.8, 4) is 0 Å². The third-order valence-corrected chi connectivity index (χ3v) is 2.64. The number of hydrogen-bond acceptors (Lipinski definition) is 4. The highest BCUT2D eigenvalue weighted by Crippen LogP contribution is 2.18. The Morgan fingerprint density at radius 2 is 2.38 bits per heavy atom. The second kappa shape index (κ2) is 4.34. The number of nitrogen functional groups attached to an aromatic ring is 1. The van der Waals surface area contributed by atoms with Crippen molar-refractivity contribution in [2.75, 3.05) is 0 Å². The molecule has 1 aromatic heterocycles. The van der Waals surface area contributed by atoms with Crippen molar-refractivity contribution in [2.24, 2.45) is 5.84 Å². The van der Waals surface area contributed by atoms with Crippen LogP contribution in [0, 0.1) is 6.92 Å². The Balaban J connectivity index is 2.96. The Morgan fingerprint density at radius 3 is 2.92 bits per heavy atom. The van der Waals surface area contributed by atoms with E-state index in [1.807, 2.05) is 6.92 Å². The zero-order chi connectivity index (χ0) is 9.84. The fourth-order valence-corrected chi connectivity index (χ4v) is 1.99. The van der Waals surface area contributed by atoms with E-state index in [0.717, 1.165) is 23.5 Å². The van der Waals surface area contributed by atoms with Crippen molar-refractivity contribution in [3.05, 3.63) is 15.6 Å². The molecule has 5 heteroatoms. The minimum atomic E-state index is -0.242. The predicted octanol–water partition coefficient (Wildman–Crippen LogP) is 1.01. The third-order valence-electron chi connectivity index (χ3n) is 1.63. The summed E-state index contributed by atoms with van der Waals surface area (Å²) in [5.41, 5.74) is 2.98. The number of amides is 1. The molecule has 0 saturated heterocycles. The van der Waals surface area contributed by atoms with Gasteiger partial charge in [-0.05, 0) is 13.3 Å². The fraction of sp³-hybridized carbons (Fsp3) is 0.500. The molecular weight excluding hydrogens is 186 g/mol. The average Bonchev–Trinajstić information content (AvgIpc) is 2.46. The Bertz CT molecular complexity index is 308. The Kier molecular flexibility index (Phi) is 3.39. The molecule has 0 atom stereocenters. The van der Waals surface area contributed by atoms with Crippen LogP contribution in [0.3, 0.4) is 0 Å². The predicted molar refractivity (Wildman–Crippen MR) is 52.5 cm³/mol. The first-order chi connectivity index (χ1) is 6.19. The van der Waals surface area contributed by atoms with Crippen molar-refractivity contribution < 1.29 is 4.79 Å². The summed E-state index contributed by atoms with van der Waals surface area (Å²) in [5, 5.41) is 0.905. The Morgan fingerprint density at radius 1 is 1.69 bits per heavy atom. The van der Waals surface area contributed by atoms with Gasteiger partial charge in [-0.1, -0.05) is 13.3 Å². The molecule has 0 saturated carbocycles. The average molecular weight is 199 g/mol. The van der Waals surface area contributed by atoms with Crippen LogP contribution in [0.4, 0.5) is 0 Å². The molecule has 0 fully saturated rings. The van der Waals surface area contributed by atoms with E-state index in [9.17, 15) is 4.79 Å². The van der Waals surface area contributed by atoms with Gasteiger partial charge in [0.1, 0.15) is 4.88 Å². The van der Waals surface area contributed by atoms with E-state index in [1.165, 1.54) is 11.3 Å². The second-order valence-electron chi connectivity index (χ2n) is 2.73. The molecule has 0 aliphatic heterocycles. The minimum Gasteiger partial charge on any atom is -0.289 e. The van der Waals surface area contributed by atoms with E-state index in [-0.39, 0.29) is 5.91 Å². The van der Waals surface area contributed by atoms with Gasteiger partial charge in [0.25, 0.3) is 5.91 Å². The van der Waals surface area contributed by atoms with Crippen molar-refractivity contribution in [3.63, 3.8) is 0 Å². The lowest BCUT2D eigenvalue weighted by atomic mass is 10.2. The van der Waals surface area contributed by atoms with Crippen LogP contribution in [0.25, 0.3) is 0 Å². The molecule has 0 unspecified atom stereocenters. The van der Waals surface area contributed by atoms with E-state index in [4.69, 9.17) is 5.84 Å². The number of aryl methyl sites for hydroxylation is 2. The quantitative estimate of drug-likeness (QED) is 0.433. The molecule has 0 aromatic carbocycles. The lowest BCUT2D eigenvalue weighted by Gasteiger charge is -1.97. The number of carbonyl (C=O) groups excluding carboxylic acids is 1. The molecule has 0 spiro atoms. The summed E-state index contributed by atoms with van der Waals surface area (Å²) in [6.45, 7) is 3.94. The smallest absolute Gasteiger partial charge is 0.277 e. The summed E-state index contributed by atoms with van der Waals surface area (Å²) in [7, 11) is 0. The summed E-state index contributed by atoms with van der Waals surface area (Å²) in [5.74, 6) is 4.82. The molecule has 13 heavy (non-hydrogen) atoms. The number of thiazole rings is 1. The van der Waals surface area contributed by atoms with Gasteiger partial charge in [0.05, 0.1) is 10.7 Å². The first-order valence-electron chi connectivity index (χ1n) is 4.16. The van der Waals surface area contributed by atoms with Gasteiger partial charge in [0.15, 0.2) is 0 Å². The topological polar surface area (TPSA) is 68.0 Å². The van der Waals surface area contributed by atoms with Crippen molar-refractivity contribution >= 4 is 17.2 Å². The van der Waals surface area contributed by atoms with Gasteiger partial charge in [-0.15, -0.1) is 11.3 Å². The largest absolute Gasteiger partial charge is 0.289 e. The van der Waals surface area contributed by atoms with E-state index < -0.39 is 0 Å². The number of nitrogens with one attached hydrogen (secondary N) is 1. The zero-order valence-corrected chi connectivity index (χ0v) is 8.57. The molecule has 1 heterocycles. The number of carbonyl (C=O) groups is 1. The summed E-state index contributed by atoms with van der Waals surface area (Å²) in [4.78, 5) is 16.2. The standard InChI is InChI=1S/C8H13N3OS/c1-3-4-6-7(8(12)11-9)13-5(2)10-6/h3-4,9H2,1-2H3,(H,11,12). The van der Waals surface area contributed by atoms with Gasteiger partial charge >= 0.3 is 0 Å². The summed E-state index contributed by atoms with van der Waals surface area (Å²) < 4.78 is 0. The van der Waals surface area contributed by atoms with Crippen LogP contribution >= 0.6 is 11.3 Å². The number of hydrogen-bond donors (Lipinski definition) is 2. The van der Waals surface area contributed by atoms with Gasteiger partial charge < -0.3 is 0 Å². The molecule has 0 radical (unpaired) electrons. The van der Waals surface area contributed by atoms with E-state index >= 15 is 0 Å². The van der Waals surface area contributed by atoms with E-state index in [0.29, 0.717) is 4.88 Å². The molecule has 4 nitrogen and oxygen atoms in total. The highest BCUT2D eigenvalue weighted by atomic mass is 32.1. The summed E-state index contributed by atoms with van der Waals surface area (Å²) >= 11 is 1.38. The molecule has 0 bridgehead atoms. The molecular formula is C8H13N3OS. The molecule has 1 amide bonds. The maximum absolute atomic E-state index is 11.3. The van der Waals surface area contributed by atoms with Crippen LogP contribution < -0.4 is 11.3 Å². The van der Waals surface area contributed by atoms with Crippen LogP contribution in [0.2, 0.25) is 0 Å². The van der Waals surface area contributed by atoms with Gasteiger partial charge in [0, 0.05) is 0 Å². The fourth-order valence-electron chi connectivity index (χ4n) is 1.12. The lowest BCUT2D eigenvalue weighted by molar-refractivity contribution is 0.0956. The Labute approximate surface area is 81.1 Å². The van der Waals surface area contributed by atoms with Gasteiger partial charge in [-0.3, -0.25) is 10.2 Å². The lowest BCUT2D eigenvalue weighted by Crippen LogP contribution is -2.30. The van der Waals surface area contributed by atoms with Crippen LogP contribution in [0.5, 0.6) is 0 Å². The number of nitrogens with zero attached hydrogens (tertiary/aromatic N) is 1. The van der Waals surface area contributed by atoms with E-state index in [1.54, 1.807) is 0 Å². The van der Waals surface area contributed by atoms with Crippen molar-refractivity contribution in [1.29, 1.82) is 0 Å². The number of nitrogens with two attached hydrogens (primary N) is 1. The molecule has 0 aliphatic rings. The van der Waals surface area contributed by atoms with Gasteiger partial charge in [-0.25, -0.2) is 10.8 Å². The molecule has 3 N–H and O–H groups in total. The van der Waals surface area contributed by atoms with Crippen molar-refractivity contribution in [1.82, 2.24) is 10.4 Å². The highest BCUT2D eigenvalue weighted by molar-refractivity contribution is 7.13. The number of rotatable bonds is 3. The van der Waals surface area contributed by atoms with Crippen LogP contribution in [-0.4, -0.2) is 10.9 Å². The monoisotopic (exact) mass is 199 g/mol. The second-order valence-corrected chi connectivity index (χ2v) is 3.94. The van der Waals surface area contributed by atoms with E-state index in [2.05, 4.69) is 17.3 Å². The van der Waals surface area contributed by atoms with Gasteiger partial charge in [0.2, 0.25) is 0 Å². The zero-order valence-electron chi connectivity index (χ0n) is 7.76. The molecule has 1 rings (SSSR count). The SMILES string of the molecule is CCCc1nc(C)sc1C(=O)NN. The maximum atomic E-state index is 11.3. The Hall–Kier alpha value is -0.940. The molecule has 0 aliphatic carbocycles. The molecule has 1 aromatic rings. The van der Waals surface area contributed by atoms with Crippen LogP contribution in [-0.2, 0) is 6.42 Å². The third kappa shape index (κ3) is 2.26. The first-order valence-corrected chi connectivity index (χ1v) is 4.98. The van der Waals surface area contributed by atoms with Crippen LogP contribution in [0.1, 0.15) is 33.7 Å². The maximum Gasteiger partial charge on any atom is 0.277 e. The van der Waals surface area contributed by atoms with Gasteiger partial charge in [-0.2, -0.15) is 0 Å². The summed E-state index contributed by atoms with van der Waals surface area (Å²) in [6, 6.07) is 0. The highest BCUT2D eigenvalue weighted by Gasteiger charge is 2.14. The number of hydrazine groups is 1. The minimum absolute atomic E-state index is 0.242. The number of aromatic nitrogens is 1. The van der Waals surface area contributed by atoms with Crippen molar-refractivity contribution in [2.45, 2.75) is 26.7 Å².